The summed E-state index contributed by atoms with van der Waals surface area (Å²) in [4.78, 5) is 13.8. The van der Waals surface area contributed by atoms with Gasteiger partial charge in [-0.2, -0.15) is 0 Å². The van der Waals surface area contributed by atoms with Crippen molar-refractivity contribution in [2.24, 2.45) is 5.73 Å². The number of rotatable bonds is 4. The lowest BCUT2D eigenvalue weighted by atomic mass is 10.1. The first-order valence-electron chi connectivity index (χ1n) is 4.92. The highest BCUT2D eigenvalue weighted by molar-refractivity contribution is 7.80. The zero-order valence-electron chi connectivity index (χ0n) is 8.45. The summed E-state index contributed by atoms with van der Waals surface area (Å²) in [5.41, 5.74) is 5.51. The summed E-state index contributed by atoms with van der Waals surface area (Å²) in [6.07, 6.45) is 1.68. The van der Waals surface area contributed by atoms with E-state index < -0.39 is 0 Å². The summed E-state index contributed by atoms with van der Waals surface area (Å²) in [5.74, 6) is 0.0950. The van der Waals surface area contributed by atoms with E-state index in [1.807, 2.05) is 0 Å². The summed E-state index contributed by atoms with van der Waals surface area (Å²) in [6, 6.07) is 0.318. The molecule has 0 aromatic rings. The molecule has 1 heterocycles. The van der Waals surface area contributed by atoms with Gasteiger partial charge in [0.15, 0.2) is 0 Å². The lowest BCUT2D eigenvalue weighted by Crippen LogP contribution is -2.52. The van der Waals surface area contributed by atoms with E-state index in [9.17, 15) is 4.79 Å². The summed E-state index contributed by atoms with van der Waals surface area (Å²) >= 11 is 4.89. The van der Waals surface area contributed by atoms with Crippen LogP contribution >= 0.6 is 12.2 Å². The van der Waals surface area contributed by atoms with Crippen molar-refractivity contribution in [3.8, 4) is 0 Å². The van der Waals surface area contributed by atoms with Crippen molar-refractivity contribution in [2.45, 2.75) is 25.8 Å². The molecule has 0 aromatic carbocycles. The number of carbonyl (C=O) groups excluding carboxylic acids is 1. The second kappa shape index (κ2) is 5.26. The fraction of sp³-hybridized carbons (Fsp3) is 0.778. The van der Waals surface area contributed by atoms with Gasteiger partial charge in [-0.3, -0.25) is 9.69 Å². The molecule has 1 unspecified atom stereocenters. The normalized spacial score (nSPS) is 20.2. The van der Waals surface area contributed by atoms with Crippen LogP contribution in [0.2, 0.25) is 0 Å². The predicted octanol–water partition coefficient (Wildman–Crippen LogP) is -0.127. The largest absolute Gasteiger partial charge is 0.393 e. The zero-order valence-corrected chi connectivity index (χ0v) is 9.27. The number of amides is 1. The van der Waals surface area contributed by atoms with Crippen LogP contribution in [0, 0.1) is 0 Å². The van der Waals surface area contributed by atoms with Crippen LogP contribution in [0.15, 0.2) is 0 Å². The molecule has 1 aliphatic heterocycles. The Hall–Kier alpha value is -0.680. The molecule has 1 rings (SSSR count). The molecular formula is C9H17N3OS. The van der Waals surface area contributed by atoms with Crippen molar-refractivity contribution in [1.82, 2.24) is 10.2 Å². The summed E-state index contributed by atoms with van der Waals surface area (Å²) < 4.78 is 0. The minimum absolute atomic E-state index is 0.0950. The molecule has 3 N–H and O–H groups in total. The Morgan fingerprint density at radius 3 is 3.00 bits per heavy atom. The maximum absolute atomic E-state index is 11.2. The van der Waals surface area contributed by atoms with E-state index >= 15 is 0 Å². The summed E-state index contributed by atoms with van der Waals surface area (Å²) in [6.45, 7) is 4.19. The van der Waals surface area contributed by atoms with Gasteiger partial charge in [0.25, 0.3) is 0 Å². The van der Waals surface area contributed by atoms with E-state index in [-0.39, 0.29) is 5.91 Å². The van der Waals surface area contributed by atoms with Gasteiger partial charge in [0, 0.05) is 25.6 Å². The molecular weight excluding hydrogens is 198 g/mol. The quantitative estimate of drug-likeness (QED) is 0.642. The van der Waals surface area contributed by atoms with Crippen LogP contribution in [0.1, 0.15) is 19.8 Å². The molecule has 1 fully saturated rings. The van der Waals surface area contributed by atoms with Gasteiger partial charge in [0.05, 0.1) is 11.5 Å². The number of piperazine rings is 1. The first kappa shape index (κ1) is 11.4. The lowest BCUT2D eigenvalue weighted by molar-refractivity contribution is -0.124. The first-order valence-corrected chi connectivity index (χ1v) is 5.33. The highest BCUT2D eigenvalue weighted by atomic mass is 32.1. The summed E-state index contributed by atoms with van der Waals surface area (Å²) in [5, 5.41) is 2.80. The second-order valence-corrected chi connectivity index (χ2v) is 4.08. The molecule has 0 bridgehead atoms. The molecule has 1 saturated heterocycles. The standard InChI is InChI=1S/C9H17N3OS/c1-2-7(5-8(10)14)12-4-3-11-9(13)6-12/h7H,2-6H2,1H3,(H2,10,14)(H,11,13). The Morgan fingerprint density at radius 2 is 2.50 bits per heavy atom. The van der Waals surface area contributed by atoms with Crippen molar-refractivity contribution < 1.29 is 4.79 Å². The second-order valence-electron chi connectivity index (χ2n) is 3.55. The highest BCUT2D eigenvalue weighted by Crippen LogP contribution is 2.09. The van der Waals surface area contributed by atoms with E-state index in [0.29, 0.717) is 24.0 Å². The molecule has 1 atom stereocenters. The Morgan fingerprint density at radius 1 is 1.79 bits per heavy atom. The molecule has 0 radical (unpaired) electrons. The zero-order chi connectivity index (χ0) is 10.6. The fourth-order valence-electron chi connectivity index (χ4n) is 1.73. The third-order valence-corrected chi connectivity index (χ3v) is 2.66. The van der Waals surface area contributed by atoms with Crippen LogP contribution < -0.4 is 11.1 Å². The van der Waals surface area contributed by atoms with E-state index in [2.05, 4.69) is 17.1 Å². The minimum Gasteiger partial charge on any atom is -0.393 e. The monoisotopic (exact) mass is 215 g/mol. The molecule has 0 saturated carbocycles. The van der Waals surface area contributed by atoms with Crippen LogP contribution in [-0.2, 0) is 4.79 Å². The van der Waals surface area contributed by atoms with Crippen molar-refractivity contribution in [2.75, 3.05) is 19.6 Å². The van der Waals surface area contributed by atoms with Gasteiger partial charge in [0.1, 0.15) is 0 Å². The Bertz CT molecular complexity index is 230. The number of carbonyl (C=O) groups is 1. The molecule has 80 valence electrons. The average molecular weight is 215 g/mol. The Labute approximate surface area is 89.8 Å². The Balaban J connectivity index is 2.50. The molecule has 0 aliphatic carbocycles. The summed E-state index contributed by atoms with van der Waals surface area (Å²) in [7, 11) is 0. The van der Waals surface area contributed by atoms with Crippen LogP contribution in [0.4, 0.5) is 0 Å². The SMILES string of the molecule is CCC(CC(N)=S)N1CCNC(=O)C1. The maximum atomic E-state index is 11.2. The first-order chi connectivity index (χ1) is 6.63. The van der Waals surface area contributed by atoms with Crippen LogP contribution in [-0.4, -0.2) is 41.5 Å². The van der Waals surface area contributed by atoms with Crippen LogP contribution in [0.3, 0.4) is 0 Å². The van der Waals surface area contributed by atoms with Gasteiger partial charge in [-0.25, -0.2) is 0 Å². The number of hydrogen-bond acceptors (Lipinski definition) is 3. The Kier molecular flexibility index (Phi) is 4.28. The van der Waals surface area contributed by atoms with E-state index in [4.69, 9.17) is 18.0 Å². The van der Waals surface area contributed by atoms with Gasteiger partial charge in [-0.15, -0.1) is 0 Å². The predicted molar refractivity (Wildman–Crippen MR) is 60.1 cm³/mol. The molecule has 4 nitrogen and oxygen atoms in total. The molecule has 0 aromatic heterocycles. The van der Waals surface area contributed by atoms with E-state index in [0.717, 1.165) is 19.5 Å². The van der Waals surface area contributed by atoms with Gasteiger partial charge >= 0.3 is 0 Å². The molecule has 5 heteroatoms. The van der Waals surface area contributed by atoms with E-state index in [1.54, 1.807) is 0 Å². The molecule has 1 amide bonds. The van der Waals surface area contributed by atoms with Crippen molar-refractivity contribution in [3.63, 3.8) is 0 Å². The third-order valence-electron chi connectivity index (χ3n) is 2.49. The fourth-order valence-corrected chi connectivity index (χ4v) is 1.93. The lowest BCUT2D eigenvalue weighted by Gasteiger charge is -2.33. The van der Waals surface area contributed by atoms with Gasteiger partial charge < -0.3 is 11.1 Å². The topological polar surface area (TPSA) is 58.4 Å². The number of nitrogens with one attached hydrogen (secondary N) is 1. The van der Waals surface area contributed by atoms with Gasteiger partial charge in [-0.05, 0) is 6.42 Å². The third kappa shape index (κ3) is 3.23. The van der Waals surface area contributed by atoms with Crippen molar-refractivity contribution >= 4 is 23.1 Å². The smallest absolute Gasteiger partial charge is 0.234 e. The number of hydrogen-bond donors (Lipinski definition) is 2. The molecule has 0 spiro atoms. The molecule has 1 aliphatic rings. The average Bonchev–Trinajstić information content (AvgIpc) is 2.14. The highest BCUT2D eigenvalue weighted by Gasteiger charge is 2.23. The number of nitrogens with zero attached hydrogens (tertiary/aromatic N) is 1. The van der Waals surface area contributed by atoms with Crippen molar-refractivity contribution in [3.05, 3.63) is 0 Å². The van der Waals surface area contributed by atoms with Crippen LogP contribution in [0.25, 0.3) is 0 Å². The van der Waals surface area contributed by atoms with Crippen molar-refractivity contribution in [1.29, 1.82) is 0 Å². The number of nitrogens with two attached hydrogens (primary N) is 1. The van der Waals surface area contributed by atoms with Gasteiger partial charge in [0.2, 0.25) is 5.91 Å². The number of thiocarbonyl (C=S) groups is 1. The van der Waals surface area contributed by atoms with Gasteiger partial charge in [-0.1, -0.05) is 19.1 Å². The minimum atomic E-state index is 0.0950. The van der Waals surface area contributed by atoms with E-state index in [1.165, 1.54) is 0 Å². The van der Waals surface area contributed by atoms with Crippen LogP contribution in [0.5, 0.6) is 0 Å². The maximum Gasteiger partial charge on any atom is 0.234 e. The molecule has 14 heavy (non-hydrogen) atoms.